The molecule has 0 aliphatic rings. The Morgan fingerprint density at radius 2 is 2.29 bits per heavy atom. The molecule has 1 rings (SSSR count). The van der Waals surface area contributed by atoms with Crippen molar-refractivity contribution < 1.29 is 4.79 Å². The summed E-state index contributed by atoms with van der Waals surface area (Å²) in [5.41, 5.74) is 3.33. The van der Waals surface area contributed by atoms with Crippen LogP contribution in [0.2, 0.25) is 0 Å². The summed E-state index contributed by atoms with van der Waals surface area (Å²) >= 11 is 0. The van der Waals surface area contributed by atoms with Crippen LogP contribution < -0.4 is 5.32 Å². The number of anilines is 1. The number of hydrogen-bond donors (Lipinski definition) is 1. The van der Waals surface area contributed by atoms with E-state index in [4.69, 9.17) is 0 Å². The third kappa shape index (κ3) is 2.46. The topological polar surface area (TPSA) is 29.1 Å². The maximum Gasteiger partial charge on any atom is 0.247 e. The predicted molar refractivity (Wildman–Crippen MR) is 59.4 cm³/mol. The van der Waals surface area contributed by atoms with Gasteiger partial charge in [0, 0.05) is 5.69 Å². The van der Waals surface area contributed by atoms with Crippen molar-refractivity contribution >= 4 is 11.6 Å². The van der Waals surface area contributed by atoms with Crippen molar-refractivity contribution in [1.29, 1.82) is 0 Å². The number of hydrogen-bond acceptors (Lipinski definition) is 1. The fourth-order valence-corrected chi connectivity index (χ4v) is 1.36. The lowest BCUT2D eigenvalue weighted by molar-refractivity contribution is -0.111. The van der Waals surface area contributed by atoms with E-state index >= 15 is 0 Å². The van der Waals surface area contributed by atoms with Gasteiger partial charge < -0.3 is 5.32 Å². The molecule has 0 aromatic heterocycles. The molecule has 0 fully saturated rings. The van der Waals surface area contributed by atoms with Gasteiger partial charge in [0.1, 0.15) is 0 Å². The highest BCUT2D eigenvalue weighted by Gasteiger charge is 1.99. The van der Waals surface area contributed by atoms with E-state index in [0.29, 0.717) is 0 Å². The normalized spacial score (nSPS) is 9.57. The third-order valence-corrected chi connectivity index (χ3v) is 2.18. The molecule has 0 atom stereocenters. The van der Waals surface area contributed by atoms with Gasteiger partial charge in [-0.15, -0.1) is 0 Å². The lowest BCUT2D eigenvalue weighted by Crippen LogP contribution is -2.07. The van der Waals surface area contributed by atoms with E-state index in [2.05, 4.69) is 18.8 Å². The highest BCUT2D eigenvalue weighted by molar-refractivity contribution is 5.98. The smallest absolute Gasteiger partial charge is 0.247 e. The quantitative estimate of drug-likeness (QED) is 0.728. The van der Waals surface area contributed by atoms with Crippen LogP contribution in [0.4, 0.5) is 5.69 Å². The molecule has 2 heteroatoms. The Kier molecular flexibility index (Phi) is 3.46. The van der Waals surface area contributed by atoms with Gasteiger partial charge in [-0.2, -0.15) is 0 Å². The third-order valence-electron chi connectivity index (χ3n) is 2.18. The molecule has 0 aliphatic heterocycles. The number of carbonyl (C=O) groups is 1. The van der Waals surface area contributed by atoms with Crippen LogP contribution in [0.25, 0.3) is 0 Å². The molecular weight excluding hydrogens is 174 g/mol. The van der Waals surface area contributed by atoms with E-state index in [-0.39, 0.29) is 5.91 Å². The van der Waals surface area contributed by atoms with E-state index < -0.39 is 0 Å². The summed E-state index contributed by atoms with van der Waals surface area (Å²) in [5.74, 6) is -0.173. The average Bonchev–Trinajstić information content (AvgIpc) is 2.18. The van der Waals surface area contributed by atoms with Crippen molar-refractivity contribution in [2.45, 2.75) is 20.3 Å². The second kappa shape index (κ2) is 4.61. The molecular formula is C12H15NO. The second-order valence-electron chi connectivity index (χ2n) is 3.19. The SMILES string of the molecule is C=CC(=O)Nc1ccc(CC)c(C)c1. The van der Waals surface area contributed by atoms with Crippen molar-refractivity contribution in [3.05, 3.63) is 42.0 Å². The van der Waals surface area contributed by atoms with Crippen LogP contribution in [0.5, 0.6) is 0 Å². The maximum atomic E-state index is 11.0. The monoisotopic (exact) mass is 189 g/mol. The predicted octanol–water partition coefficient (Wildman–Crippen LogP) is 2.68. The summed E-state index contributed by atoms with van der Waals surface area (Å²) in [6, 6.07) is 5.92. The maximum absolute atomic E-state index is 11.0. The Hall–Kier alpha value is -1.57. The minimum atomic E-state index is -0.173. The van der Waals surface area contributed by atoms with Gasteiger partial charge in [-0.1, -0.05) is 19.6 Å². The molecule has 0 heterocycles. The van der Waals surface area contributed by atoms with Crippen LogP contribution >= 0.6 is 0 Å². The molecule has 1 aromatic rings. The van der Waals surface area contributed by atoms with Gasteiger partial charge in [-0.25, -0.2) is 0 Å². The summed E-state index contributed by atoms with van der Waals surface area (Å²) < 4.78 is 0. The molecule has 2 nitrogen and oxygen atoms in total. The Morgan fingerprint density at radius 3 is 2.79 bits per heavy atom. The fraction of sp³-hybridized carbons (Fsp3) is 0.250. The molecule has 0 aliphatic carbocycles. The summed E-state index contributed by atoms with van der Waals surface area (Å²) in [6.45, 7) is 7.56. The van der Waals surface area contributed by atoms with Crippen molar-refractivity contribution in [1.82, 2.24) is 0 Å². The van der Waals surface area contributed by atoms with Crippen LogP contribution in [0.15, 0.2) is 30.9 Å². The van der Waals surface area contributed by atoms with Crippen LogP contribution in [0.3, 0.4) is 0 Å². The summed E-state index contributed by atoms with van der Waals surface area (Å²) in [5, 5.41) is 2.73. The minimum absolute atomic E-state index is 0.173. The van der Waals surface area contributed by atoms with E-state index in [1.165, 1.54) is 17.2 Å². The van der Waals surface area contributed by atoms with Gasteiger partial charge in [-0.05, 0) is 42.7 Å². The summed E-state index contributed by atoms with van der Waals surface area (Å²) in [4.78, 5) is 11.0. The number of rotatable bonds is 3. The van der Waals surface area contributed by atoms with Crippen LogP contribution in [0.1, 0.15) is 18.1 Å². The van der Waals surface area contributed by atoms with Crippen LogP contribution in [-0.2, 0) is 11.2 Å². The number of aryl methyl sites for hydroxylation is 2. The lowest BCUT2D eigenvalue weighted by Gasteiger charge is -2.06. The van der Waals surface area contributed by atoms with Gasteiger partial charge >= 0.3 is 0 Å². The molecule has 1 N–H and O–H groups in total. The molecule has 0 unspecified atom stereocenters. The molecule has 1 aromatic carbocycles. The van der Waals surface area contributed by atoms with E-state index in [1.54, 1.807) is 0 Å². The second-order valence-corrected chi connectivity index (χ2v) is 3.19. The standard InChI is InChI=1S/C12H15NO/c1-4-10-6-7-11(8-9(10)3)13-12(14)5-2/h5-8H,2,4H2,1,3H3,(H,13,14). The lowest BCUT2D eigenvalue weighted by atomic mass is 10.1. The van der Waals surface area contributed by atoms with Gasteiger partial charge in [0.2, 0.25) is 5.91 Å². The first kappa shape index (κ1) is 10.5. The molecule has 0 radical (unpaired) electrons. The number of carbonyl (C=O) groups excluding carboxylic acids is 1. The molecule has 0 bridgehead atoms. The Bertz CT molecular complexity index is 355. The molecule has 74 valence electrons. The van der Waals surface area contributed by atoms with E-state index in [9.17, 15) is 4.79 Å². The fourth-order valence-electron chi connectivity index (χ4n) is 1.36. The highest BCUT2D eigenvalue weighted by atomic mass is 16.1. The molecule has 0 spiro atoms. The van der Waals surface area contributed by atoms with E-state index in [0.717, 1.165) is 12.1 Å². The van der Waals surface area contributed by atoms with Gasteiger partial charge in [0.15, 0.2) is 0 Å². The first-order chi connectivity index (χ1) is 6.67. The van der Waals surface area contributed by atoms with Gasteiger partial charge in [0.05, 0.1) is 0 Å². The van der Waals surface area contributed by atoms with Gasteiger partial charge in [-0.3, -0.25) is 4.79 Å². The molecule has 1 amide bonds. The minimum Gasteiger partial charge on any atom is -0.323 e. The Morgan fingerprint density at radius 1 is 1.57 bits per heavy atom. The Labute approximate surface area is 84.6 Å². The van der Waals surface area contributed by atoms with Crippen LogP contribution in [-0.4, -0.2) is 5.91 Å². The van der Waals surface area contributed by atoms with Gasteiger partial charge in [0.25, 0.3) is 0 Å². The zero-order chi connectivity index (χ0) is 10.6. The zero-order valence-corrected chi connectivity index (χ0v) is 8.63. The Balaban J connectivity index is 2.86. The van der Waals surface area contributed by atoms with Crippen molar-refractivity contribution in [2.75, 3.05) is 5.32 Å². The zero-order valence-electron chi connectivity index (χ0n) is 8.63. The summed E-state index contributed by atoms with van der Waals surface area (Å²) in [6.07, 6.45) is 2.28. The van der Waals surface area contributed by atoms with E-state index in [1.807, 2.05) is 25.1 Å². The van der Waals surface area contributed by atoms with Crippen molar-refractivity contribution in [3.8, 4) is 0 Å². The molecule has 14 heavy (non-hydrogen) atoms. The van der Waals surface area contributed by atoms with Crippen LogP contribution in [0, 0.1) is 6.92 Å². The van der Waals surface area contributed by atoms with Crippen molar-refractivity contribution in [2.24, 2.45) is 0 Å². The average molecular weight is 189 g/mol. The first-order valence-electron chi connectivity index (χ1n) is 4.70. The van der Waals surface area contributed by atoms with Crippen molar-refractivity contribution in [3.63, 3.8) is 0 Å². The summed E-state index contributed by atoms with van der Waals surface area (Å²) in [7, 11) is 0. The molecule has 0 saturated carbocycles. The largest absolute Gasteiger partial charge is 0.323 e. The molecule has 0 saturated heterocycles. The number of amides is 1. The number of benzene rings is 1. The highest BCUT2D eigenvalue weighted by Crippen LogP contribution is 2.15. The first-order valence-corrected chi connectivity index (χ1v) is 4.70. The number of nitrogens with one attached hydrogen (secondary N) is 1.